The van der Waals surface area contributed by atoms with Crippen LogP contribution in [-0.2, 0) is 4.79 Å². The number of aryl methyl sites for hydroxylation is 1. The van der Waals surface area contributed by atoms with Crippen molar-refractivity contribution >= 4 is 40.7 Å². The maximum absolute atomic E-state index is 13.3. The van der Waals surface area contributed by atoms with Crippen LogP contribution >= 0.6 is 11.3 Å². The van der Waals surface area contributed by atoms with Gasteiger partial charge in [-0.25, -0.2) is 19.0 Å². The van der Waals surface area contributed by atoms with E-state index in [1.165, 1.54) is 36.5 Å². The Morgan fingerprint density at radius 3 is 2.62 bits per heavy atom. The predicted molar refractivity (Wildman–Crippen MR) is 105 cm³/mol. The average Bonchev–Trinajstić information content (AvgIpc) is 3.28. The second-order valence-corrected chi connectivity index (χ2v) is 7.18. The van der Waals surface area contributed by atoms with E-state index in [0.717, 1.165) is 11.3 Å². The number of imidazole rings is 1. The average molecular weight is 417 g/mol. The van der Waals surface area contributed by atoms with Crippen LogP contribution in [0.15, 0.2) is 36.5 Å². The van der Waals surface area contributed by atoms with E-state index in [-0.39, 0.29) is 22.3 Å². The summed E-state index contributed by atoms with van der Waals surface area (Å²) in [5, 5.41) is 14.1. The van der Waals surface area contributed by atoms with E-state index in [9.17, 15) is 18.8 Å². The lowest BCUT2D eigenvalue weighted by Crippen LogP contribution is -2.23. The first kappa shape index (κ1) is 20.0. The number of aromatic amines is 1. The van der Waals surface area contributed by atoms with Gasteiger partial charge in [-0.1, -0.05) is 0 Å². The van der Waals surface area contributed by atoms with Crippen molar-refractivity contribution in [2.24, 2.45) is 5.73 Å². The fourth-order valence-corrected chi connectivity index (χ4v) is 3.55. The molecule has 0 aliphatic heterocycles. The first-order valence-electron chi connectivity index (χ1n) is 8.26. The molecule has 29 heavy (non-hydrogen) atoms. The first-order chi connectivity index (χ1) is 13.7. The molecule has 1 aromatic carbocycles. The van der Waals surface area contributed by atoms with Crippen LogP contribution in [0.2, 0.25) is 0 Å². The molecule has 0 radical (unpaired) electrons. The predicted octanol–water partition coefficient (Wildman–Crippen LogP) is 2.88. The van der Waals surface area contributed by atoms with E-state index < -0.39 is 23.8 Å². The van der Waals surface area contributed by atoms with Crippen molar-refractivity contribution in [3.05, 3.63) is 63.5 Å². The number of primary amides is 1. The summed E-state index contributed by atoms with van der Waals surface area (Å²) in [5.74, 6) is -2.87. The Balaban J connectivity index is 1.73. The highest BCUT2D eigenvalue weighted by Crippen LogP contribution is 2.29. The fraction of sp³-hybridized carbons (Fsp3) is 0.111. The Kier molecular flexibility index (Phi) is 5.59. The van der Waals surface area contributed by atoms with Gasteiger partial charge in [-0.15, -0.1) is 11.3 Å². The molecule has 1 unspecified atom stereocenters. The molecule has 2 heterocycles. The number of nitrogens with two attached hydrogens (primary N) is 1. The van der Waals surface area contributed by atoms with Crippen LogP contribution in [0.3, 0.4) is 0 Å². The van der Waals surface area contributed by atoms with E-state index in [4.69, 9.17) is 10.8 Å². The number of nitrogens with one attached hydrogen (secondary N) is 3. The number of halogens is 1. The van der Waals surface area contributed by atoms with Gasteiger partial charge in [0.15, 0.2) is 0 Å². The molecule has 0 bridgehead atoms. The zero-order valence-corrected chi connectivity index (χ0v) is 15.8. The van der Waals surface area contributed by atoms with Gasteiger partial charge in [0, 0.05) is 10.6 Å². The molecule has 2 aromatic heterocycles. The smallest absolute Gasteiger partial charge is 0.345 e. The standard InChI is InChI=1S/C18H16FN5O4S/c1-8-6-9(2-3-10(8)19)22-18(28)24-13-7-21-16(23-13)14(15(20)25)11-4-5-12(29-11)17(26)27/h2-7,14H,1H3,(H2,20,25)(H,21,23)(H,26,27)(H2,22,24,28). The zero-order valence-electron chi connectivity index (χ0n) is 15.0. The van der Waals surface area contributed by atoms with Crippen molar-refractivity contribution in [1.82, 2.24) is 9.97 Å². The molecule has 150 valence electrons. The molecule has 3 rings (SSSR count). The Morgan fingerprint density at radius 2 is 2.00 bits per heavy atom. The highest BCUT2D eigenvalue weighted by Gasteiger charge is 2.26. The number of carbonyl (C=O) groups excluding carboxylic acids is 2. The molecule has 0 fully saturated rings. The summed E-state index contributed by atoms with van der Waals surface area (Å²) in [4.78, 5) is 42.4. The number of aromatic carboxylic acids is 1. The lowest BCUT2D eigenvalue weighted by molar-refractivity contribution is -0.118. The van der Waals surface area contributed by atoms with Crippen molar-refractivity contribution in [2.75, 3.05) is 10.6 Å². The maximum Gasteiger partial charge on any atom is 0.345 e. The number of hydrogen-bond donors (Lipinski definition) is 5. The van der Waals surface area contributed by atoms with Crippen LogP contribution in [0, 0.1) is 12.7 Å². The van der Waals surface area contributed by atoms with Gasteiger partial charge < -0.3 is 21.1 Å². The van der Waals surface area contributed by atoms with Gasteiger partial charge in [-0.2, -0.15) is 0 Å². The number of aromatic nitrogens is 2. The third-order valence-electron chi connectivity index (χ3n) is 3.94. The van der Waals surface area contributed by atoms with E-state index in [2.05, 4.69) is 20.6 Å². The Labute approximate surface area is 167 Å². The number of carboxylic acid groups (broad SMARTS) is 1. The van der Waals surface area contributed by atoms with Crippen LogP contribution < -0.4 is 16.4 Å². The third-order valence-corrected chi connectivity index (χ3v) is 5.08. The number of carbonyl (C=O) groups is 3. The molecule has 0 saturated carbocycles. The van der Waals surface area contributed by atoms with Gasteiger partial charge in [0.2, 0.25) is 5.91 Å². The number of rotatable bonds is 6. The van der Waals surface area contributed by atoms with Gasteiger partial charge in [-0.3, -0.25) is 10.1 Å². The van der Waals surface area contributed by atoms with Crippen molar-refractivity contribution in [1.29, 1.82) is 0 Å². The summed E-state index contributed by atoms with van der Waals surface area (Å²) in [7, 11) is 0. The summed E-state index contributed by atoms with van der Waals surface area (Å²) in [6, 6.07) is 6.39. The zero-order chi connectivity index (χ0) is 21.1. The molecule has 1 atom stereocenters. The van der Waals surface area contributed by atoms with E-state index >= 15 is 0 Å². The first-order valence-corrected chi connectivity index (χ1v) is 9.07. The molecule has 9 nitrogen and oxygen atoms in total. The number of carboxylic acids is 1. The molecular formula is C18H16FN5O4S. The molecule has 0 aliphatic rings. The number of urea groups is 1. The second-order valence-electron chi connectivity index (χ2n) is 6.07. The Hall–Kier alpha value is -3.73. The fourth-order valence-electron chi connectivity index (χ4n) is 2.59. The lowest BCUT2D eigenvalue weighted by atomic mass is 10.1. The number of nitrogens with zero attached hydrogens (tertiary/aromatic N) is 1. The monoisotopic (exact) mass is 417 g/mol. The van der Waals surface area contributed by atoms with Crippen LogP contribution in [0.4, 0.5) is 20.7 Å². The van der Waals surface area contributed by atoms with Crippen molar-refractivity contribution in [3.63, 3.8) is 0 Å². The second kappa shape index (κ2) is 8.10. The van der Waals surface area contributed by atoms with Gasteiger partial charge in [0.25, 0.3) is 0 Å². The number of amides is 3. The summed E-state index contributed by atoms with van der Waals surface area (Å²) in [6.07, 6.45) is 1.30. The number of hydrogen-bond acceptors (Lipinski definition) is 5. The topological polar surface area (TPSA) is 150 Å². The van der Waals surface area contributed by atoms with Crippen LogP contribution in [-0.4, -0.2) is 33.0 Å². The van der Waals surface area contributed by atoms with Crippen LogP contribution in [0.1, 0.15) is 31.9 Å². The van der Waals surface area contributed by atoms with Crippen LogP contribution in [0.25, 0.3) is 0 Å². The van der Waals surface area contributed by atoms with Gasteiger partial charge in [0.05, 0.1) is 6.20 Å². The Bertz CT molecular complexity index is 1090. The Morgan fingerprint density at radius 1 is 1.24 bits per heavy atom. The molecule has 0 aliphatic carbocycles. The number of benzene rings is 1. The minimum Gasteiger partial charge on any atom is -0.477 e. The summed E-state index contributed by atoms with van der Waals surface area (Å²) < 4.78 is 13.3. The van der Waals surface area contributed by atoms with E-state index in [0.29, 0.717) is 16.1 Å². The lowest BCUT2D eigenvalue weighted by Gasteiger charge is -2.09. The van der Waals surface area contributed by atoms with Crippen molar-refractivity contribution in [2.45, 2.75) is 12.8 Å². The molecule has 6 N–H and O–H groups in total. The molecule has 0 saturated heterocycles. The molecule has 11 heteroatoms. The minimum absolute atomic E-state index is 0.0603. The van der Waals surface area contributed by atoms with Crippen molar-refractivity contribution in [3.8, 4) is 0 Å². The normalized spacial score (nSPS) is 11.7. The third kappa shape index (κ3) is 4.58. The summed E-state index contributed by atoms with van der Waals surface area (Å²) in [5.41, 5.74) is 6.24. The SMILES string of the molecule is Cc1cc(NC(=O)Nc2cnc(C(C(N)=O)c3ccc(C(=O)O)s3)[nH]2)ccc1F. The van der Waals surface area contributed by atoms with Crippen molar-refractivity contribution < 1.29 is 23.9 Å². The van der Waals surface area contributed by atoms with Gasteiger partial charge in [0.1, 0.15) is 28.3 Å². The maximum atomic E-state index is 13.3. The molecule has 3 amide bonds. The largest absolute Gasteiger partial charge is 0.477 e. The molecule has 0 spiro atoms. The quantitative estimate of drug-likeness (QED) is 0.418. The summed E-state index contributed by atoms with van der Waals surface area (Å²) >= 11 is 0.909. The summed E-state index contributed by atoms with van der Waals surface area (Å²) in [6.45, 7) is 1.57. The highest BCUT2D eigenvalue weighted by molar-refractivity contribution is 7.14. The van der Waals surface area contributed by atoms with Gasteiger partial charge >= 0.3 is 12.0 Å². The number of anilines is 2. The molecular weight excluding hydrogens is 401 g/mol. The number of thiophene rings is 1. The van der Waals surface area contributed by atoms with E-state index in [1.807, 2.05) is 0 Å². The molecule has 3 aromatic rings. The van der Waals surface area contributed by atoms with Gasteiger partial charge in [-0.05, 0) is 42.8 Å². The highest BCUT2D eigenvalue weighted by atomic mass is 32.1. The number of H-pyrrole nitrogens is 1. The van der Waals surface area contributed by atoms with Crippen LogP contribution in [0.5, 0.6) is 0 Å². The van der Waals surface area contributed by atoms with E-state index in [1.54, 1.807) is 6.92 Å². The minimum atomic E-state index is -1.11.